The molecule has 134 valence electrons. The van der Waals surface area contributed by atoms with Gasteiger partial charge in [-0.15, -0.1) is 19.4 Å². The molecule has 2 aromatic carbocycles. The minimum atomic E-state index is 0. The van der Waals surface area contributed by atoms with Crippen molar-refractivity contribution in [1.82, 2.24) is 0 Å². The third-order valence-electron chi connectivity index (χ3n) is 3.82. The van der Waals surface area contributed by atoms with Crippen LogP contribution in [0, 0.1) is 12.8 Å². The SMILES string of the molecule is C.C#C.C/C=C\C.C=CC.CC1(C)c2ccccc2-c2ccccc21. The fraction of sp³-hybridized carbons (Fsp3) is 0.280. The molecule has 0 unspecified atom stereocenters. The molecule has 0 fully saturated rings. The zero-order valence-corrected chi connectivity index (χ0v) is 15.7. The van der Waals surface area contributed by atoms with E-state index in [0.717, 1.165) is 0 Å². The van der Waals surface area contributed by atoms with E-state index < -0.39 is 0 Å². The average molecular weight is 335 g/mol. The van der Waals surface area contributed by atoms with Gasteiger partial charge in [0.15, 0.2) is 0 Å². The normalized spacial score (nSPS) is 11.6. The summed E-state index contributed by atoms with van der Waals surface area (Å²) in [6.07, 6.45) is 13.8. The summed E-state index contributed by atoms with van der Waals surface area (Å²) in [6.45, 7) is 13.9. The van der Waals surface area contributed by atoms with Crippen LogP contribution in [0.5, 0.6) is 0 Å². The van der Waals surface area contributed by atoms with Crippen LogP contribution in [0.1, 0.15) is 53.2 Å². The summed E-state index contributed by atoms with van der Waals surface area (Å²) < 4.78 is 0. The van der Waals surface area contributed by atoms with Crippen LogP contribution in [0.4, 0.5) is 0 Å². The first-order valence-electron chi connectivity index (χ1n) is 8.21. The van der Waals surface area contributed by atoms with Gasteiger partial charge < -0.3 is 0 Å². The molecule has 0 atom stereocenters. The Balaban J connectivity index is 0. The van der Waals surface area contributed by atoms with Crippen LogP contribution in [0.2, 0.25) is 0 Å². The van der Waals surface area contributed by atoms with Crippen LogP contribution in [0.25, 0.3) is 11.1 Å². The highest BCUT2D eigenvalue weighted by Crippen LogP contribution is 2.47. The smallest absolute Gasteiger partial charge is 0.0158 e. The van der Waals surface area contributed by atoms with Gasteiger partial charge in [-0.25, -0.2) is 0 Å². The summed E-state index contributed by atoms with van der Waals surface area (Å²) in [5.74, 6) is 0. The molecule has 3 rings (SSSR count). The Morgan fingerprint density at radius 2 is 1.04 bits per heavy atom. The van der Waals surface area contributed by atoms with Gasteiger partial charge in [0.1, 0.15) is 0 Å². The van der Waals surface area contributed by atoms with Crippen LogP contribution < -0.4 is 0 Å². The highest BCUT2D eigenvalue weighted by Gasteiger charge is 2.34. The van der Waals surface area contributed by atoms with E-state index in [1.54, 1.807) is 6.08 Å². The highest BCUT2D eigenvalue weighted by molar-refractivity contribution is 5.80. The largest absolute Gasteiger partial charge is 0.124 e. The first-order chi connectivity index (χ1) is 11.5. The van der Waals surface area contributed by atoms with Gasteiger partial charge >= 0.3 is 0 Å². The van der Waals surface area contributed by atoms with Crippen LogP contribution >= 0.6 is 0 Å². The van der Waals surface area contributed by atoms with E-state index in [4.69, 9.17) is 0 Å². The topological polar surface area (TPSA) is 0 Å². The fourth-order valence-corrected chi connectivity index (χ4v) is 2.67. The second kappa shape index (κ2) is 12.8. The highest BCUT2D eigenvalue weighted by atomic mass is 14.4. The summed E-state index contributed by atoms with van der Waals surface area (Å²) >= 11 is 0. The zero-order chi connectivity index (χ0) is 18.6. The maximum absolute atomic E-state index is 4.00. The molecule has 25 heavy (non-hydrogen) atoms. The summed E-state index contributed by atoms with van der Waals surface area (Å²) in [6, 6.07) is 17.4. The Morgan fingerprint density at radius 3 is 1.32 bits per heavy atom. The van der Waals surface area contributed by atoms with E-state index in [1.807, 2.05) is 32.9 Å². The predicted octanol–water partition coefficient (Wildman–Crippen LogP) is 7.65. The van der Waals surface area contributed by atoms with E-state index in [9.17, 15) is 0 Å². The lowest BCUT2D eigenvalue weighted by Crippen LogP contribution is -2.14. The molecule has 1 aliphatic rings. The van der Waals surface area contributed by atoms with Gasteiger partial charge in [0.05, 0.1) is 0 Å². The van der Waals surface area contributed by atoms with Gasteiger partial charge in [-0.05, 0) is 43.0 Å². The molecule has 0 nitrogen and oxygen atoms in total. The molecule has 0 saturated carbocycles. The van der Waals surface area contributed by atoms with Gasteiger partial charge in [-0.1, -0.05) is 88.0 Å². The standard InChI is InChI=1S/C15H14.C4H8.C3H6.C2H2.CH4/c1-15(2)13-9-5-3-7-11(13)12-8-4-6-10-14(12)15;1-3-4-2;1-3-2;1-2;/h3-10H,1-2H3;3-4H,1-2H3;3H,1H2,2H3;1-2H;1H4/b;4-3-;;;. The second-order valence-electron chi connectivity index (χ2n) is 5.79. The Morgan fingerprint density at radius 1 is 0.760 bits per heavy atom. The van der Waals surface area contributed by atoms with Crippen LogP contribution in [0.15, 0.2) is 73.3 Å². The molecule has 0 saturated heterocycles. The maximum Gasteiger partial charge on any atom is 0.0158 e. The molecular formula is C25H34. The lowest BCUT2D eigenvalue weighted by molar-refractivity contribution is 0.660. The van der Waals surface area contributed by atoms with Crippen LogP contribution in [-0.2, 0) is 5.41 Å². The van der Waals surface area contributed by atoms with Gasteiger partial charge in [-0.2, -0.15) is 0 Å². The van der Waals surface area contributed by atoms with Gasteiger partial charge in [-0.3, -0.25) is 0 Å². The molecule has 0 bridgehead atoms. The number of benzene rings is 2. The van der Waals surface area contributed by atoms with Gasteiger partial charge in [0, 0.05) is 5.41 Å². The van der Waals surface area contributed by atoms with E-state index in [-0.39, 0.29) is 12.8 Å². The maximum atomic E-state index is 4.00. The summed E-state index contributed by atoms with van der Waals surface area (Å²) in [5.41, 5.74) is 5.86. The van der Waals surface area contributed by atoms with Crippen molar-refractivity contribution in [1.29, 1.82) is 0 Å². The molecule has 0 aromatic heterocycles. The van der Waals surface area contributed by atoms with Crippen molar-refractivity contribution in [2.24, 2.45) is 0 Å². The number of allylic oxidation sites excluding steroid dienone is 3. The third-order valence-corrected chi connectivity index (χ3v) is 3.82. The molecule has 0 heteroatoms. The van der Waals surface area contributed by atoms with Crippen molar-refractivity contribution in [3.8, 4) is 24.0 Å². The second-order valence-corrected chi connectivity index (χ2v) is 5.79. The molecule has 2 aromatic rings. The number of rotatable bonds is 0. The zero-order valence-electron chi connectivity index (χ0n) is 15.7. The number of hydrogen-bond donors (Lipinski definition) is 0. The monoisotopic (exact) mass is 334 g/mol. The van der Waals surface area contributed by atoms with Crippen LogP contribution in [-0.4, -0.2) is 0 Å². The minimum absolute atomic E-state index is 0. The molecule has 1 aliphatic carbocycles. The van der Waals surface area contributed by atoms with Crippen LogP contribution in [0.3, 0.4) is 0 Å². The van der Waals surface area contributed by atoms with E-state index in [1.165, 1.54) is 22.3 Å². The first-order valence-corrected chi connectivity index (χ1v) is 8.21. The quantitative estimate of drug-likeness (QED) is 0.343. The molecule has 0 spiro atoms. The van der Waals surface area contributed by atoms with Gasteiger partial charge in [0.2, 0.25) is 0 Å². The number of hydrogen-bond acceptors (Lipinski definition) is 0. The van der Waals surface area contributed by atoms with Crippen molar-refractivity contribution < 1.29 is 0 Å². The Labute approximate surface area is 156 Å². The minimum Gasteiger partial charge on any atom is -0.124 e. The van der Waals surface area contributed by atoms with Crippen molar-refractivity contribution in [2.75, 3.05) is 0 Å². The Bertz CT molecular complexity index is 618. The van der Waals surface area contributed by atoms with E-state index in [2.05, 4.69) is 81.8 Å². The lowest BCUT2D eigenvalue weighted by Gasteiger charge is -2.20. The summed E-state index contributed by atoms with van der Waals surface area (Å²) in [7, 11) is 0. The van der Waals surface area contributed by atoms with Crippen molar-refractivity contribution in [3.63, 3.8) is 0 Å². The summed E-state index contributed by atoms with van der Waals surface area (Å²) in [4.78, 5) is 0. The molecule has 0 radical (unpaired) electrons. The first kappa shape index (κ1) is 24.7. The predicted molar refractivity (Wildman–Crippen MR) is 117 cm³/mol. The molecule has 0 heterocycles. The molecule has 0 aliphatic heterocycles. The van der Waals surface area contributed by atoms with Crippen molar-refractivity contribution in [3.05, 3.63) is 84.5 Å². The lowest BCUT2D eigenvalue weighted by atomic mass is 9.82. The summed E-state index contributed by atoms with van der Waals surface area (Å²) in [5, 5.41) is 0. The van der Waals surface area contributed by atoms with E-state index >= 15 is 0 Å². The number of terminal acetylenes is 1. The Kier molecular flexibility index (Phi) is 12.7. The Hall–Kier alpha value is -2.52. The van der Waals surface area contributed by atoms with E-state index in [0.29, 0.717) is 0 Å². The van der Waals surface area contributed by atoms with Crippen molar-refractivity contribution >= 4 is 0 Å². The molecular weight excluding hydrogens is 300 g/mol. The molecule has 0 amide bonds. The number of fused-ring (bicyclic) bond motifs is 3. The van der Waals surface area contributed by atoms with Crippen molar-refractivity contribution in [2.45, 2.75) is 47.5 Å². The molecule has 0 N–H and O–H groups in total. The average Bonchev–Trinajstić information content (AvgIpc) is 2.86. The third kappa shape index (κ3) is 6.12. The van der Waals surface area contributed by atoms with Gasteiger partial charge in [0.25, 0.3) is 0 Å². The fourth-order valence-electron chi connectivity index (χ4n) is 2.67.